The van der Waals surface area contributed by atoms with Crippen LogP contribution in [0.3, 0.4) is 0 Å². The zero-order chi connectivity index (χ0) is 11.5. The van der Waals surface area contributed by atoms with Crippen LogP contribution in [0, 0.1) is 5.92 Å². The molecule has 2 aliphatic rings. The largest absolute Gasteiger partial charge is 0.446 e. The van der Waals surface area contributed by atoms with Crippen LogP contribution in [0.1, 0.15) is 19.8 Å². The highest BCUT2D eigenvalue weighted by Gasteiger charge is 2.33. The lowest BCUT2D eigenvalue weighted by molar-refractivity contribution is 0.0352. The van der Waals surface area contributed by atoms with Crippen LogP contribution in [-0.4, -0.2) is 47.2 Å². The van der Waals surface area contributed by atoms with Gasteiger partial charge in [-0.1, -0.05) is 29.5 Å². The van der Waals surface area contributed by atoms with Gasteiger partial charge >= 0.3 is 6.09 Å². The van der Waals surface area contributed by atoms with Crippen molar-refractivity contribution in [3.8, 4) is 0 Å². The van der Waals surface area contributed by atoms with Gasteiger partial charge in [-0.2, -0.15) is 0 Å². The molecule has 0 aromatic rings. The van der Waals surface area contributed by atoms with E-state index in [2.05, 4.69) is 39.7 Å². The van der Waals surface area contributed by atoms with E-state index in [9.17, 15) is 4.79 Å². The third-order valence-electron chi connectivity index (χ3n) is 3.35. The molecule has 0 bridgehead atoms. The summed E-state index contributed by atoms with van der Waals surface area (Å²) in [6, 6.07) is 0. The first-order chi connectivity index (χ1) is 7.65. The molecule has 0 radical (unpaired) electrons. The van der Waals surface area contributed by atoms with Crippen LogP contribution in [0.15, 0.2) is 0 Å². The average molecular weight is 338 g/mol. The van der Waals surface area contributed by atoms with Gasteiger partial charge in [-0.05, 0) is 19.4 Å². The number of fused-ring (bicyclic) bond motifs is 1. The second kappa shape index (κ2) is 5.53. The van der Waals surface area contributed by atoms with Crippen molar-refractivity contribution in [3.63, 3.8) is 0 Å². The summed E-state index contributed by atoms with van der Waals surface area (Å²) >= 11 is 2.46. The van der Waals surface area contributed by atoms with Gasteiger partial charge in [0.2, 0.25) is 0 Å². The highest BCUT2D eigenvalue weighted by molar-refractivity contribution is 14.1. The Kier molecular flexibility index (Phi) is 4.29. The van der Waals surface area contributed by atoms with Crippen molar-refractivity contribution in [3.05, 3.63) is 0 Å². The number of alkyl carbamates (subject to hydrolysis) is 1. The summed E-state index contributed by atoms with van der Waals surface area (Å²) in [5.74, 6) is 0.507. The molecule has 2 aliphatic heterocycles. The van der Waals surface area contributed by atoms with E-state index in [0.29, 0.717) is 9.84 Å². The third-order valence-corrected chi connectivity index (χ3v) is 3.74. The van der Waals surface area contributed by atoms with Gasteiger partial charge in [-0.3, -0.25) is 0 Å². The summed E-state index contributed by atoms with van der Waals surface area (Å²) in [5.41, 5.74) is 0. The maximum atomic E-state index is 11.1. The number of alkyl halides is 1. The van der Waals surface area contributed by atoms with E-state index in [-0.39, 0.29) is 12.2 Å². The Morgan fingerprint density at radius 1 is 1.56 bits per heavy atom. The third kappa shape index (κ3) is 3.23. The molecule has 2 rings (SSSR count). The van der Waals surface area contributed by atoms with Gasteiger partial charge in [0.05, 0.1) is 0 Å². The summed E-state index contributed by atoms with van der Waals surface area (Å²) in [4.78, 5) is 13.6. The molecule has 0 aromatic heterocycles. The maximum Gasteiger partial charge on any atom is 0.407 e. The highest BCUT2D eigenvalue weighted by atomic mass is 127. The monoisotopic (exact) mass is 338 g/mol. The number of carbonyl (C=O) groups excluding carboxylic acids is 1. The molecule has 0 aromatic carbocycles. The molecule has 92 valence electrons. The predicted octanol–water partition coefficient (Wildman–Crippen LogP) is 1.63. The van der Waals surface area contributed by atoms with Gasteiger partial charge in [-0.25, -0.2) is 4.79 Å². The van der Waals surface area contributed by atoms with Crippen LogP contribution in [0.25, 0.3) is 0 Å². The minimum absolute atomic E-state index is 0.142. The van der Waals surface area contributed by atoms with Gasteiger partial charge in [0.25, 0.3) is 0 Å². The molecule has 0 spiro atoms. The molecule has 1 amide bonds. The van der Waals surface area contributed by atoms with Gasteiger partial charge in [-0.15, -0.1) is 0 Å². The molecule has 0 saturated carbocycles. The first kappa shape index (κ1) is 12.4. The molecule has 3 atom stereocenters. The van der Waals surface area contributed by atoms with E-state index < -0.39 is 0 Å². The fourth-order valence-electron chi connectivity index (χ4n) is 2.51. The van der Waals surface area contributed by atoms with Gasteiger partial charge in [0.15, 0.2) is 0 Å². The Morgan fingerprint density at radius 2 is 2.31 bits per heavy atom. The number of hydrogen-bond acceptors (Lipinski definition) is 3. The number of likely N-dealkylation sites (tertiary alicyclic amines) is 1. The van der Waals surface area contributed by atoms with Crippen molar-refractivity contribution in [2.45, 2.75) is 29.8 Å². The van der Waals surface area contributed by atoms with E-state index in [0.717, 1.165) is 39.0 Å². The number of rotatable bonds is 2. The number of amides is 1. The summed E-state index contributed by atoms with van der Waals surface area (Å²) in [6.45, 7) is 6.36. The first-order valence-corrected chi connectivity index (χ1v) is 7.20. The number of nitrogens with zero attached hydrogens (tertiary/aromatic N) is 1. The summed E-state index contributed by atoms with van der Waals surface area (Å²) in [7, 11) is 0. The number of carbonyl (C=O) groups is 1. The van der Waals surface area contributed by atoms with Crippen LogP contribution in [0.2, 0.25) is 0 Å². The Hall–Kier alpha value is -0.0400. The molecule has 5 heteroatoms. The lowest BCUT2D eigenvalue weighted by Crippen LogP contribution is -2.44. The lowest BCUT2D eigenvalue weighted by atomic mass is 9.96. The van der Waals surface area contributed by atoms with E-state index in [4.69, 9.17) is 4.74 Å². The van der Waals surface area contributed by atoms with Crippen LogP contribution >= 0.6 is 22.6 Å². The second-order valence-electron chi connectivity index (χ2n) is 4.74. The molecule has 2 saturated heterocycles. The van der Waals surface area contributed by atoms with Crippen LogP contribution in [0.5, 0.6) is 0 Å². The second-order valence-corrected chi connectivity index (χ2v) is 6.87. The number of ether oxygens (including phenoxy) is 1. The zero-order valence-electron chi connectivity index (χ0n) is 9.62. The Morgan fingerprint density at radius 3 is 3.06 bits per heavy atom. The number of hydrogen-bond donors (Lipinski definition) is 1. The fourth-order valence-corrected chi connectivity index (χ4v) is 3.07. The van der Waals surface area contributed by atoms with Gasteiger partial charge < -0.3 is 15.0 Å². The highest BCUT2D eigenvalue weighted by Crippen LogP contribution is 2.23. The minimum Gasteiger partial charge on any atom is -0.446 e. The first-order valence-electron chi connectivity index (χ1n) is 5.96. The normalized spacial score (nSPS) is 33.2. The Labute approximate surface area is 110 Å². The van der Waals surface area contributed by atoms with E-state index in [1.165, 1.54) is 0 Å². The maximum absolute atomic E-state index is 11.1. The Balaban J connectivity index is 1.89. The van der Waals surface area contributed by atoms with Crippen molar-refractivity contribution in [2.24, 2.45) is 5.92 Å². The molecule has 16 heavy (non-hydrogen) atoms. The molecular formula is C11H19IN2O2. The van der Waals surface area contributed by atoms with E-state index in [1.807, 2.05) is 0 Å². The summed E-state index contributed by atoms with van der Waals surface area (Å²) < 4.78 is 6.02. The van der Waals surface area contributed by atoms with Gasteiger partial charge in [0, 0.05) is 29.5 Å². The van der Waals surface area contributed by atoms with Crippen molar-refractivity contribution >= 4 is 28.7 Å². The molecule has 2 heterocycles. The lowest BCUT2D eigenvalue weighted by Gasteiger charge is -2.29. The number of halogens is 1. The zero-order valence-corrected chi connectivity index (χ0v) is 11.8. The summed E-state index contributed by atoms with van der Waals surface area (Å²) in [6.07, 6.45) is 2.02. The minimum atomic E-state index is -0.239. The Bertz CT molecular complexity index is 260. The SMILES string of the molecule is C[C@@H](I)CN1CCC2CNC(=O)OC2CC1. The van der Waals surface area contributed by atoms with Crippen molar-refractivity contribution < 1.29 is 9.53 Å². The molecule has 1 N–H and O–H groups in total. The van der Waals surface area contributed by atoms with E-state index >= 15 is 0 Å². The van der Waals surface area contributed by atoms with Crippen molar-refractivity contribution in [2.75, 3.05) is 26.2 Å². The standard InChI is InChI=1S/C11H19IN2O2/c1-8(12)7-14-4-2-9-6-13-11(15)16-10(9)3-5-14/h8-10H,2-7H2,1H3,(H,13,15)/t8-,9?,10?/m1/s1. The number of nitrogens with one attached hydrogen (secondary N) is 1. The van der Waals surface area contributed by atoms with Crippen LogP contribution in [-0.2, 0) is 4.74 Å². The quantitative estimate of drug-likeness (QED) is 0.615. The topological polar surface area (TPSA) is 41.6 Å². The van der Waals surface area contributed by atoms with Crippen LogP contribution < -0.4 is 5.32 Å². The van der Waals surface area contributed by atoms with Gasteiger partial charge in [0.1, 0.15) is 6.10 Å². The van der Waals surface area contributed by atoms with Crippen LogP contribution in [0.4, 0.5) is 4.79 Å². The smallest absolute Gasteiger partial charge is 0.407 e. The van der Waals surface area contributed by atoms with Crippen molar-refractivity contribution in [1.29, 1.82) is 0 Å². The molecule has 4 nitrogen and oxygen atoms in total. The average Bonchev–Trinajstić information content (AvgIpc) is 2.40. The summed E-state index contributed by atoms with van der Waals surface area (Å²) in [5, 5.41) is 2.78. The van der Waals surface area contributed by atoms with E-state index in [1.54, 1.807) is 0 Å². The molecule has 0 aliphatic carbocycles. The molecular weight excluding hydrogens is 319 g/mol. The molecule has 2 fully saturated rings. The predicted molar refractivity (Wildman–Crippen MR) is 70.9 cm³/mol. The fraction of sp³-hybridized carbons (Fsp3) is 0.909. The van der Waals surface area contributed by atoms with Crippen molar-refractivity contribution in [1.82, 2.24) is 10.2 Å². The molecule has 2 unspecified atom stereocenters.